The maximum atomic E-state index is 12.2. The molecule has 0 aliphatic rings. The number of benzene rings is 2. The molecule has 0 fully saturated rings. The highest BCUT2D eigenvalue weighted by Crippen LogP contribution is 2.30. The third kappa shape index (κ3) is 10.3. The molecule has 11 heteroatoms. The summed E-state index contributed by atoms with van der Waals surface area (Å²) in [6.07, 6.45) is 7.92. The van der Waals surface area contributed by atoms with Gasteiger partial charge < -0.3 is 19.7 Å². The monoisotopic (exact) mass is 589 g/mol. The second-order valence-corrected chi connectivity index (χ2v) is 12.4. The third-order valence-corrected chi connectivity index (χ3v) is 8.12. The molecule has 0 spiro atoms. The predicted molar refractivity (Wildman–Crippen MR) is 153 cm³/mol. The summed E-state index contributed by atoms with van der Waals surface area (Å²) < 4.78 is 36.0. The Morgan fingerprint density at radius 3 is 2.35 bits per heavy atom. The average Bonchev–Trinajstić information content (AvgIpc) is 3.44. The SMILES string of the molecule is CS(=O)(=O)c1cc(OCCCCCCc2cccc(OCCCC(=O)O)c2CCC(=O)O)cc(-c2nccs2)c1. The van der Waals surface area contributed by atoms with E-state index in [1.807, 2.05) is 23.6 Å². The summed E-state index contributed by atoms with van der Waals surface area (Å²) in [5, 5.41) is 20.6. The van der Waals surface area contributed by atoms with Crippen LogP contribution in [-0.4, -0.2) is 55.0 Å². The molecule has 1 aromatic heterocycles. The number of unbranched alkanes of at least 4 members (excludes halogenated alkanes) is 3. The van der Waals surface area contributed by atoms with Crippen molar-refractivity contribution in [2.24, 2.45) is 0 Å². The van der Waals surface area contributed by atoms with Crippen LogP contribution in [-0.2, 0) is 32.3 Å². The molecule has 0 aliphatic carbocycles. The second-order valence-electron chi connectivity index (χ2n) is 9.45. The number of rotatable bonds is 18. The lowest BCUT2D eigenvalue weighted by Gasteiger charge is -2.15. The van der Waals surface area contributed by atoms with Crippen molar-refractivity contribution in [2.45, 2.75) is 62.7 Å². The van der Waals surface area contributed by atoms with Gasteiger partial charge in [0.2, 0.25) is 0 Å². The Morgan fingerprint density at radius 1 is 0.900 bits per heavy atom. The van der Waals surface area contributed by atoms with Crippen LogP contribution >= 0.6 is 11.3 Å². The largest absolute Gasteiger partial charge is 0.494 e. The summed E-state index contributed by atoms with van der Waals surface area (Å²) in [6, 6.07) is 10.6. The minimum absolute atomic E-state index is 0.00929. The lowest BCUT2D eigenvalue weighted by Crippen LogP contribution is -2.07. The number of ether oxygens (including phenoxy) is 2. The van der Waals surface area contributed by atoms with Crippen LogP contribution in [0.4, 0.5) is 0 Å². The molecule has 9 nitrogen and oxygen atoms in total. The van der Waals surface area contributed by atoms with Crippen LogP contribution in [0.25, 0.3) is 10.6 Å². The van der Waals surface area contributed by atoms with Crippen LogP contribution < -0.4 is 9.47 Å². The topological polar surface area (TPSA) is 140 Å². The molecule has 0 unspecified atom stereocenters. The van der Waals surface area contributed by atoms with Crippen molar-refractivity contribution in [1.82, 2.24) is 4.98 Å². The molecule has 0 saturated heterocycles. The highest BCUT2D eigenvalue weighted by Gasteiger charge is 2.14. The number of nitrogens with zero attached hydrogens (tertiary/aromatic N) is 1. The smallest absolute Gasteiger partial charge is 0.303 e. The van der Waals surface area contributed by atoms with Crippen molar-refractivity contribution in [1.29, 1.82) is 0 Å². The van der Waals surface area contributed by atoms with Crippen LogP contribution in [0.5, 0.6) is 11.5 Å². The van der Waals surface area contributed by atoms with Crippen molar-refractivity contribution >= 4 is 33.1 Å². The van der Waals surface area contributed by atoms with Gasteiger partial charge in [0.25, 0.3) is 0 Å². The summed E-state index contributed by atoms with van der Waals surface area (Å²) in [5.41, 5.74) is 2.62. The Bertz CT molecular complexity index is 1370. The first kappa shape index (κ1) is 31.1. The molecule has 0 saturated carbocycles. The number of aliphatic carboxylic acids is 2. The standard InChI is InChI=1S/C29H35NO8S2/c1-40(35,36)24-19-22(29-30-14-17-39-29)18-23(20-24)37-15-5-3-2-4-8-21-9-6-10-26(25(21)12-13-28(33)34)38-16-7-11-27(31)32/h6,9-10,14,17-20H,2-5,7-8,11-13,15-16H2,1H3,(H,31,32)(H,33,34). The number of carboxylic acids is 2. The van der Waals surface area contributed by atoms with Crippen LogP contribution in [0.3, 0.4) is 0 Å². The van der Waals surface area contributed by atoms with E-state index in [-0.39, 0.29) is 24.3 Å². The Kier molecular flexibility index (Phi) is 12.0. The summed E-state index contributed by atoms with van der Waals surface area (Å²) in [6.45, 7) is 0.711. The molecule has 0 amide bonds. The van der Waals surface area contributed by atoms with Gasteiger partial charge in [-0.25, -0.2) is 13.4 Å². The number of hydrogen-bond donors (Lipinski definition) is 2. The number of hydrogen-bond acceptors (Lipinski definition) is 8. The Morgan fingerprint density at radius 2 is 1.65 bits per heavy atom. The molecule has 0 atom stereocenters. The molecule has 216 valence electrons. The molecule has 2 N–H and O–H groups in total. The van der Waals surface area contributed by atoms with E-state index in [9.17, 15) is 23.1 Å². The number of aromatic nitrogens is 1. The zero-order chi connectivity index (χ0) is 29.0. The van der Waals surface area contributed by atoms with Crippen molar-refractivity contribution < 1.29 is 37.7 Å². The van der Waals surface area contributed by atoms with Crippen molar-refractivity contribution in [3.8, 4) is 22.1 Å². The molecule has 40 heavy (non-hydrogen) atoms. The van der Waals surface area contributed by atoms with E-state index in [0.717, 1.165) is 48.2 Å². The highest BCUT2D eigenvalue weighted by atomic mass is 32.2. The second kappa shape index (κ2) is 15.4. The number of thiazole rings is 1. The zero-order valence-corrected chi connectivity index (χ0v) is 24.1. The maximum absolute atomic E-state index is 12.2. The summed E-state index contributed by atoms with van der Waals surface area (Å²) in [5.74, 6) is -0.647. The molecular weight excluding hydrogens is 554 g/mol. The Hall–Kier alpha value is -3.44. The van der Waals surface area contributed by atoms with E-state index >= 15 is 0 Å². The van der Waals surface area contributed by atoms with Gasteiger partial charge in [-0.3, -0.25) is 9.59 Å². The van der Waals surface area contributed by atoms with Crippen LogP contribution in [0.15, 0.2) is 52.9 Å². The van der Waals surface area contributed by atoms with Crippen molar-refractivity contribution in [2.75, 3.05) is 19.5 Å². The molecule has 3 rings (SSSR count). The molecule has 3 aromatic rings. The molecule has 0 aliphatic heterocycles. The lowest BCUT2D eigenvalue weighted by atomic mass is 9.97. The first-order chi connectivity index (χ1) is 19.1. The van der Waals surface area contributed by atoms with Crippen molar-refractivity contribution in [3.05, 3.63) is 59.1 Å². The van der Waals surface area contributed by atoms with Gasteiger partial charge in [-0.1, -0.05) is 25.0 Å². The molecular formula is C29H35NO8S2. The van der Waals surface area contributed by atoms with Crippen LogP contribution in [0.1, 0.15) is 56.1 Å². The van der Waals surface area contributed by atoms with E-state index in [2.05, 4.69) is 4.98 Å². The van der Waals surface area contributed by atoms with E-state index in [1.165, 1.54) is 17.6 Å². The van der Waals surface area contributed by atoms with Gasteiger partial charge in [-0.2, -0.15) is 0 Å². The van der Waals surface area contributed by atoms with E-state index < -0.39 is 21.8 Å². The number of carbonyl (C=O) groups is 2. The van der Waals surface area contributed by atoms with Gasteiger partial charge in [-0.15, -0.1) is 11.3 Å². The molecule has 1 heterocycles. The molecule has 0 bridgehead atoms. The lowest BCUT2D eigenvalue weighted by molar-refractivity contribution is -0.138. The van der Waals surface area contributed by atoms with Gasteiger partial charge in [0.1, 0.15) is 16.5 Å². The van der Waals surface area contributed by atoms with E-state index in [1.54, 1.807) is 24.4 Å². The summed E-state index contributed by atoms with van der Waals surface area (Å²) >= 11 is 1.43. The minimum Gasteiger partial charge on any atom is -0.494 e. The zero-order valence-electron chi connectivity index (χ0n) is 22.5. The van der Waals surface area contributed by atoms with E-state index in [0.29, 0.717) is 36.5 Å². The first-order valence-electron chi connectivity index (χ1n) is 13.2. The van der Waals surface area contributed by atoms with Gasteiger partial charge in [-0.05, 0) is 67.5 Å². The first-order valence-corrected chi connectivity index (χ1v) is 16.0. The normalized spacial score (nSPS) is 11.3. The van der Waals surface area contributed by atoms with Gasteiger partial charge in [0.15, 0.2) is 9.84 Å². The fourth-order valence-corrected chi connectivity index (χ4v) is 5.52. The predicted octanol–water partition coefficient (Wildman–Crippen LogP) is 5.66. The highest BCUT2D eigenvalue weighted by molar-refractivity contribution is 7.90. The molecule has 2 aromatic carbocycles. The molecule has 0 radical (unpaired) electrons. The van der Waals surface area contributed by atoms with E-state index in [4.69, 9.17) is 14.6 Å². The number of carboxylic acid groups (broad SMARTS) is 2. The minimum atomic E-state index is -3.40. The quantitative estimate of drug-likeness (QED) is 0.180. The average molecular weight is 590 g/mol. The number of aryl methyl sites for hydroxylation is 1. The third-order valence-electron chi connectivity index (χ3n) is 6.21. The Labute approximate surface area is 238 Å². The number of sulfone groups is 1. The van der Waals surface area contributed by atoms with Crippen LogP contribution in [0.2, 0.25) is 0 Å². The summed E-state index contributed by atoms with van der Waals surface area (Å²) in [4.78, 5) is 26.4. The van der Waals surface area contributed by atoms with Gasteiger partial charge in [0, 0.05) is 36.2 Å². The summed E-state index contributed by atoms with van der Waals surface area (Å²) in [7, 11) is -3.40. The van der Waals surface area contributed by atoms with Gasteiger partial charge in [0.05, 0.1) is 18.1 Å². The fraction of sp³-hybridized carbons (Fsp3) is 0.414. The fourth-order valence-electron chi connectivity index (χ4n) is 4.22. The van der Waals surface area contributed by atoms with Gasteiger partial charge >= 0.3 is 11.9 Å². The Balaban J connectivity index is 1.50. The maximum Gasteiger partial charge on any atom is 0.303 e. The van der Waals surface area contributed by atoms with Crippen molar-refractivity contribution in [3.63, 3.8) is 0 Å². The van der Waals surface area contributed by atoms with Crippen LogP contribution in [0, 0.1) is 0 Å².